The maximum atomic E-state index is 12.9. The Morgan fingerprint density at radius 1 is 0.880 bits per heavy atom. The molecule has 0 spiro atoms. The standard InChI is InChI=1S/C19H20N2O3S/c1-11-5-6-12(2)17(7-11)21-25(23,24)15-8-14(4)19-16(10-15)13(3)9-18(22)20-19/h5-10,21H,1-4H3,(H,20,22). The van der Waals surface area contributed by atoms with E-state index in [9.17, 15) is 13.2 Å². The summed E-state index contributed by atoms with van der Waals surface area (Å²) in [5.74, 6) is 0. The monoisotopic (exact) mass is 356 g/mol. The molecule has 0 unspecified atom stereocenters. The molecule has 6 heteroatoms. The van der Waals surface area contributed by atoms with Crippen LogP contribution in [-0.4, -0.2) is 13.4 Å². The summed E-state index contributed by atoms with van der Waals surface area (Å²) < 4.78 is 28.4. The van der Waals surface area contributed by atoms with Gasteiger partial charge < -0.3 is 4.98 Å². The lowest BCUT2D eigenvalue weighted by molar-refractivity contribution is 0.601. The summed E-state index contributed by atoms with van der Waals surface area (Å²) in [5, 5.41) is 0.723. The number of H-pyrrole nitrogens is 1. The summed E-state index contributed by atoms with van der Waals surface area (Å²) in [6, 6.07) is 10.3. The van der Waals surface area contributed by atoms with Crippen molar-refractivity contribution in [3.05, 3.63) is 69.0 Å². The Kier molecular flexibility index (Phi) is 4.16. The number of rotatable bonds is 3. The van der Waals surface area contributed by atoms with E-state index in [1.54, 1.807) is 26.0 Å². The van der Waals surface area contributed by atoms with E-state index < -0.39 is 10.0 Å². The number of hydrogen-bond donors (Lipinski definition) is 2. The number of pyridine rings is 1. The zero-order valence-electron chi connectivity index (χ0n) is 14.6. The number of aryl methyl sites for hydroxylation is 4. The molecule has 130 valence electrons. The highest BCUT2D eigenvalue weighted by Gasteiger charge is 2.18. The molecule has 3 rings (SSSR count). The van der Waals surface area contributed by atoms with E-state index in [-0.39, 0.29) is 10.5 Å². The lowest BCUT2D eigenvalue weighted by atomic mass is 10.1. The molecule has 25 heavy (non-hydrogen) atoms. The first-order valence-corrected chi connectivity index (χ1v) is 9.40. The minimum Gasteiger partial charge on any atom is -0.322 e. The molecular weight excluding hydrogens is 336 g/mol. The third kappa shape index (κ3) is 3.30. The van der Waals surface area contributed by atoms with E-state index in [1.807, 2.05) is 32.0 Å². The first-order valence-electron chi connectivity index (χ1n) is 7.92. The van der Waals surface area contributed by atoms with Gasteiger partial charge in [0.2, 0.25) is 5.56 Å². The van der Waals surface area contributed by atoms with Gasteiger partial charge in [0, 0.05) is 11.5 Å². The SMILES string of the molecule is Cc1ccc(C)c(NS(=O)(=O)c2cc(C)c3[nH]c(=O)cc(C)c3c2)c1. The van der Waals surface area contributed by atoms with Gasteiger partial charge in [-0.1, -0.05) is 12.1 Å². The molecule has 0 aliphatic carbocycles. The van der Waals surface area contributed by atoms with Gasteiger partial charge >= 0.3 is 0 Å². The second kappa shape index (κ2) is 6.04. The van der Waals surface area contributed by atoms with Gasteiger partial charge in [-0.05, 0) is 68.1 Å². The minimum atomic E-state index is -3.74. The Bertz CT molecular complexity index is 1150. The molecule has 1 heterocycles. The molecule has 5 nitrogen and oxygen atoms in total. The van der Waals surface area contributed by atoms with Gasteiger partial charge in [0.05, 0.1) is 16.1 Å². The van der Waals surface area contributed by atoms with Gasteiger partial charge in [-0.3, -0.25) is 9.52 Å². The van der Waals surface area contributed by atoms with Crippen LogP contribution in [0, 0.1) is 27.7 Å². The molecule has 0 saturated carbocycles. The zero-order chi connectivity index (χ0) is 18.4. The molecule has 0 aliphatic heterocycles. The molecule has 0 saturated heterocycles. The maximum absolute atomic E-state index is 12.9. The largest absolute Gasteiger partial charge is 0.322 e. The van der Waals surface area contributed by atoms with Crippen molar-refractivity contribution in [1.82, 2.24) is 4.98 Å². The molecule has 2 N–H and O–H groups in total. The third-order valence-corrected chi connectivity index (χ3v) is 5.62. The second-order valence-electron chi connectivity index (χ2n) is 6.40. The average molecular weight is 356 g/mol. The first-order chi connectivity index (χ1) is 11.7. The molecule has 0 radical (unpaired) electrons. The van der Waals surface area contributed by atoms with E-state index in [0.717, 1.165) is 22.1 Å². The third-order valence-electron chi connectivity index (χ3n) is 4.28. The number of sulfonamides is 1. The highest BCUT2D eigenvalue weighted by Crippen LogP contribution is 2.26. The van der Waals surface area contributed by atoms with Crippen LogP contribution in [-0.2, 0) is 10.0 Å². The van der Waals surface area contributed by atoms with E-state index in [1.165, 1.54) is 6.07 Å². The fourth-order valence-electron chi connectivity index (χ4n) is 2.87. The topological polar surface area (TPSA) is 79.0 Å². The lowest BCUT2D eigenvalue weighted by Gasteiger charge is -2.13. The zero-order valence-corrected chi connectivity index (χ0v) is 15.4. The molecule has 1 aromatic heterocycles. The number of benzene rings is 2. The number of fused-ring (bicyclic) bond motifs is 1. The van der Waals surface area contributed by atoms with Gasteiger partial charge in [-0.25, -0.2) is 8.42 Å². The van der Waals surface area contributed by atoms with Crippen LogP contribution in [0.4, 0.5) is 5.69 Å². The van der Waals surface area contributed by atoms with Crippen LogP contribution < -0.4 is 10.3 Å². The highest BCUT2D eigenvalue weighted by atomic mass is 32.2. The van der Waals surface area contributed by atoms with Gasteiger partial charge in [-0.2, -0.15) is 0 Å². The van der Waals surface area contributed by atoms with Crippen LogP contribution in [0.2, 0.25) is 0 Å². The summed E-state index contributed by atoms with van der Waals surface area (Å²) in [4.78, 5) is 14.6. The fourth-order valence-corrected chi connectivity index (χ4v) is 4.10. The lowest BCUT2D eigenvalue weighted by Crippen LogP contribution is -2.15. The summed E-state index contributed by atoms with van der Waals surface area (Å²) in [5.41, 5.74) is 4.31. The van der Waals surface area contributed by atoms with Crippen molar-refractivity contribution in [2.45, 2.75) is 32.6 Å². The summed E-state index contributed by atoms with van der Waals surface area (Å²) in [6.45, 7) is 7.36. The molecular formula is C19H20N2O3S. The first kappa shape index (κ1) is 17.2. The molecule has 0 atom stereocenters. The Balaban J connectivity index is 2.14. The van der Waals surface area contributed by atoms with Gasteiger partial charge in [0.25, 0.3) is 10.0 Å². The van der Waals surface area contributed by atoms with Crippen molar-refractivity contribution in [2.24, 2.45) is 0 Å². The number of nitrogens with one attached hydrogen (secondary N) is 2. The summed E-state index contributed by atoms with van der Waals surface area (Å²) in [7, 11) is -3.74. The van der Waals surface area contributed by atoms with Crippen LogP contribution in [0.25, 0.3) is 10.9 Å². The quantitative estimate of drug-likeness (QED) is 0.753. The van der Waals surface area contributed by atoms with Crippen molar-refractivity contribution in [1.29, 1.82) is 0 Å². The summed E-state index contributed by atoms with van der Waals surface area (Å²) >= 11 is 0. The average Bonchev–Trinajstić information content (AvgIpc) is 2.51. The van der Waals surface area contributed by atoms with Crippen molar-refractivity contribution in [3.8, 4) is 0 Å². The maximum Gasteiger partial charge on any atom is 0.261 e. The fraction of sp³-hybridized carbons (Fsp3) is 0.211. The van der Waals surface area contributed by atoms with Crippen molar-refractivity contribution >= 4 is 26.6 Å². The summed E-state index contributed by atoms with van der Waals surface area (Å²) in [6.07, 6.45) is 0. The predicted molar refractivity (Wildman–Crippen MR) is 101 cm³/mol. The Morgan fingerprint density at radius 3 is 2.32 bits per heavy atom. The second-order valence-corrected chi connectivity index (χ2v) is 8.09. The predicted octanol–water partition coefficient (Wildman–Crippen LogP) is 3.56. The van der Waals surface area contributed by atoms with Crippen molar-refractivity contribution < 1.29 is 8.42 Å². The van der Waals surface area contributed by atoms with Gasteiger partial charge in [0.1, 0.15) is 0 Å². The van der Waals surface area contributed by atoms with Crippen molar-refractivity contribution in [2.75, 3.05) is 4.72 Å². The van der Waals surface area contributed by atoms with E-state index in [2.05, 4.69) is 9.71 Å². The number of aromatic amines is 1. The smallest absolute Gasteiger partial charge is 0.261 e. The number of aromatic nitrogens is 1. The molecule has 0 amide bonds. The van der Waals surface area contributed by atoms with Crippen LogP contribution in [0.5, 0.6) is 0 Å². The highest BCUT2D eigenvalue weighted by molar-refractivity contribution is 7.92. The molecule has 0 aliphatic rings. The van der Waals surface area contributed by atoms with Gasteiger partial charge in [-0.15, -0.1) is 0 Å². The number of hydrogen-bond acceptors (Lipinski definition) is 3. The Labute approximate surface area is 146 Å². The van der Waals surface area contributed by atoms with Crippen LogP contribution >= 0.6 is 0 Å². The minimum absolute atomic E-state index is 0.175. The van der Waals surface area contributed by atoms with Gasteiger partial charge in [0.15, 0.2) is 0 Å². The number of anilines is 1. The molecule has 3 aromatic rings. The molecule has 0 fully saturated rings. The Morgan fingerprint density at radius 2 is 1.60 bits per heavy atom. The Hall–Kier alpha value is -2.60. The van der Waals surface area contributed by atoms with E-state index in [4.69, 9.17) is 0 Å². The van der Waals surface area contributed by atoms with Crippen LogP contribution in [0.3, 0.4) is 0 Å². The van der Waals surface area contributed by atoms with Crippen molar-refractivity contribution in [3.63, 3.8) is 0 Å². The molecule has 0 bridgehead atoms. The van der Waals surface area contributed by atoms with E-state index in [0.29, 0.717) is 16.8 Å². The normalized spacial score (nSPS) is 11.7. The van der Waals surface area contributed by atoms with Crippen LogP contribution in [0.15, 0.2) is 46.1 Å². The van der Waals surface area contributed by atoms with Crippen LogP contribution in [0.1, 0.15) is 22.3 Å². The van der Waals surface area contributed by atoms with E-state index >= 15 is 0 Å². The molecule has 2 aromatic carbocycles.